The van der Waals surface area contributed by atoms with E-state index in [-0.39, 0.29) is 5.56 Å². The van der Waals surface area contributed by atoms with Gasteiger partial charge in [0.25, 0.3) is 5.56 Å². The highest BCUT2D eigenvalue weighted by Crippen LogP contribution is 2.22. The summed E-state index contributed by atoms with van der Waals surface area (Å²) in [4.78, 5) is 16.5. The second-order valence-electron chi connectivity index (χ2n) is 3.58. The zero-order chi connectivity index (χ0) is 12.3. The lowest BCUT2D eigenvalue weighted by Gasteiger charge is -2.02. The zero-order valence-electron chi connectivity index (χ0n) is 9.93. The molecule has 0 fully saturated rings. The van der Waals surface area contributed by atoms with Crippen LogP contribution in [0.3, 0.4) is 0 Å². The minimum Gasteiger partial charge on any atom is -0.362 e. The van der Waals surface area contributed by atoms with Crippen LogP contribution in [0.5, 0.6) is 0 Å². The lowest BCUT2D eigenvalue weighted by Crippen LogP contribution is -2.19. The molecule has 0 saturated heterocycles. The van der Waals surface area contributed by atoms with Crippen LogP contribution in [0.4, 0.5) is 5.13 Å². The molecule has 2 aromatic rings. The van der Waals surface area contributed by atoms with Crippen molar-refractivity contribution in [3.05, 3.63) is 34.1 Å². The van der Waals surface area contributed by atoms with E-state index in [1.807, 2.05) is 31.4 Å². The van der Waals surface area contributed by atoms with E-state index in [0.717, 1.165) is 17.4 Å². The van der Waals surface area contributed by atoms with E-state index in [1.54, 1.807) is 10.8 Å². The highest BCUT2D eigenvalue weighted by Gasteiger charge is 2.08. The average molecular weight is 249 g/mol. The molecule has 90 valence electrons. The SMILES string of the molecule is CCNc1nc(-c2cccn(CC)c2=O)cs1. The van der Waals surface area contributed by atoms with Gasteiger partial charge in [-0.25, -0.2) is 4.98 Å². The predicted octanol–water partition coefficient (Wildman–Crippen LogP) is 2.42. The average Bonchev–Trinajstić information content (AvgIpc) is 2.78. The van der Waals surface area contributed by atoms with Crippen LogP contribution in [0.2, 0.25) is 0 Å². The van der Waals surface area contributed by atoms with E-state index in [9.17, 15) is 4.79 Å². The van der Waals surface area contributed by atoms with Crippen LogP contribution in [0.25, 0.3) is 11.3 Å². The summed E-state index contributed by atoms with van der Waals surface area (Å²) < 4.78 is 1.68. The van der Waals surface area contributed by atoms with Gasteiger partial charge in [0.15, 0.2) is 5.13 Å². The Labute approximate surface area is 104 Å². The number of pyridine rings is 1. The highest BCUT2D eigenvalue weighted by molar-refractivity contribution is 7.14. The Kier molecular flexibility index (Phi) is 3.58. The first-order valence-corrected chi connectivity index (χ1v) is 6.53. The molecule has 0 aliphatic carbocycles. The topological polar surface area (TPSA) is 46.9 Å². The first kappa shape index (κ1) is 11.9. The van der Waals surface area contributed by atoms with Crippen LogP contribution < -0.4 is 10.9 Å². The van der Waals surface area contributed by atoms with Crippen LogP contribution in [-0.4, -0.2) is 16.1 Å². The monoisotopic (exact) mass is 249 g/mol. The molecule has 0 amide bonds. The first-order valence-electron chi connectivity index (χ1n) is 5.65. The first-order chi connectivity index (χ1) is 8.26. The summed E-state index contributed by atoms with van der Waals surface area (Å²) in [5.74, 6) is 0. The maximum atomic E-state index is 12.1. The molecule has 0 saturated carbocycles. The van der Waals surface area contributed by atoms with Gasteiger partial charge in [0.2, 0.25) is 0 Å². The fraction of sp³-hybridized carbons (Fsp3) is 0.333. The number of hydrogen-bond donors (Lipinski definition) is 1. The zero-order valence-corrected chi connectivity index (χ0v) is 10.8. The summed E-state index contributed by atoms with van der Waals surface area (Å²) >= 11 is 1.52. The van der Waals surface area contributed by atoms with Crippen molar-refractivity contribution in [2.45, 2.75) is 20.4 Å². The summed E-state index contributed by atoms with van der Waals surface area (Å²) in [6.07, 6.45) is 1.80. The van der Waals surface area contributed by atoms with Gasteiger partial charge in [-0.3, -0.25) is 4.79 Å². The summed E-state index contributed by atoms with van der Waals surface area (Å²) in [5.41, 5.74) is 1.43. The van der Waals surface area contributed by atoms with Gasteiger partial charge >= 0.3 is 0 Å². The molecule has 0 spiro atoms. The second kappa shape index (κ2) is 5.14. The molecule has 0 atom stereocenters. The van der Waals surface area contributed by atoms with Crippen molar-refractivity contribution in [3.63, 3.8) is 0 Å². The Morgan fingerprint density at radius 2 is 2.29 bits per heavy atom. The third kappa shape index (κ3) is 2.39. The fourth-order valence-corrected chi connectivity index (χ4v) is 2.39. The molecule has 2 heterocycles. The van der Waals surface area contributed by atoms with E-state index in [1.165, 1.54) is 11.3 Å². The Bertz CT molecular complexity index is 559. The molecule has 0 aromatic carbocycles. The summed E-state index contributed by atoms with van der Waals surface area (Å²) in [6.45, 7) is 5.49. The third-order valence-corrected chi connectivity index (χ3v) is 3.27. The van der Waals surface area contributed by atoms with Gasteiger partial charge in [0, 0.05) is 24.7 Å². The molecule has 0 aliphatic rings. The van der Waals surface area contributed by atoms with Crippen molar-refractivity contribution < 1.29 is 0 Å². The highest BCUT2D eigenvalue weighted by atomic mass is 32.1. The number of thiazole rings is 1. The van der Waals surface area contributed by atoms with E-state index in [0.29, 0.717) is 12.1 Å². The molecule has 0 radical (unpaired) electrons. The normalized spacial score (nSPS) is 10.5. The van der Waals surface area contributed by atoms with E-state index < -0.39 is 0 Å². The van der Waals surface area contributed by atoms with Crippen molar-refractivity contribution >= 4 is 16.5 Å². The van der Waals surface area contributed by atoms with Crippen molar-refractivity contribution in [1.29, 1.82) is 0 Å². The molecule has 0 unspecified atom stereocenters. The number of aromatic nitrogens is 2. The number of anilines is 1. The number of nitrogens with zero attached hydrogens (tertiary/aromatic N) is 2. The van der Waals surface area contributed by atoms with Crippen molar-refractivity contribution in [3.8, 4) is 11.3 Å². The Hall–Kier alpha value is -1.62. The lowest BCUT2D eigenvalue weighted by molar-refractivity contribution is 0.728. The number of aryl methyl sites for hydroxylation is 1. The van der Waals surface area contributed by atoms with Gasteiger partial charge in [-0.15, -0.1) is 11.3 Å². The van der Waals surface area contributed by atoms with Crippen LogP contribution in [0, 0.1) is 0 Å². The van der Waals surface area contributed by atoms with E-state index in [2.05, 4.69) is 10.3 Å². The van der Waals surface area contributed by atoms with Gasteiger partial charge in [-0.1, -0.05) is 0 Å². The maximum absolute atomic E-state index is 12.1. The van der Waals surface area contributed by atoms with Crippen molar-refractivity contribution in [2.75, 3.05) is 11.9 Å². The molecule has 4 nitrogen and oxygen atoms in total. The Morgan fingerprint density at radius 3 is 3.00 bits per heavy atom. The smallest absolute Gasteiger partial charge is 0.260 e. The lowest BCUT2D eigenvalue weighted by atomic mass is 10.2. The molecule has 0 aliphatic heterocycles. The number of rotatable bonds is 4. The molecule has 17 heavy (non-hydrogen) atoms. The third-order valence-electron chi connectivity index (χ3n) is 2.47. The van der Waals surface area contributed by atoms with Crippen LogP contribution in [0.1, 0.15) is 13.8 Å². The maximum Gasteiger partial charge on any atom is 0.260 e. The molecule has 0 bridgehead atoms. The molecule has 1 N–H and O–H groups in total. The quantitative estimate of drug-likeness (QED) is 0.905. The standard InChI is InChI=1S/C12H15N3OS/c1-3-13-12-14-10(8-17-12)9-6-5-7-15(4-2)11(9)16/h5-8H,3-4H2,1-2H3,(H,13,14). The summed E-state index contributed by atoms with van der Waals surface area (Å²) in [5, 5.41) is 5.91. The Morgan fingerprint density at radius 1 is 1.47 bits per heavy atom. The van der Waals surface area contributed by atoms with E-state index in [4.69, 9.17) is 0 Å². The number of nitrogens with one attached hydrogen (secondary N) is 1. The second-order valence-corrected chi connectivity index (χ2v) is 4.44. The van der Waals surface area contributed by atoms with Crippen molar-refractivity contribution in [2.24, 2.45) is 0 Å². The summed E-state index contributed by atoms with van der Waals surface area (Å²) in [7, 11) is 0. The van der Waals surface area contributed by atoms with Crippen molar-refractivity contribution in [1.82, 2.24) is 9.55 Å². The molecular formula is C12H15N3OS. The molecule has 2 rings (SSSR count). The van der Waals surface area contributed by atoms with Gasteiger partial charge in [-0.2, -0.15) is 0 Å². The van der Waals surface area contributed by atoms with E-state index >= 15 is 0 Å². The fourth-order valence-electron chi connectivity index (χ4n) is 1.61. The van der Waals surface area contributed by atoms with Crippen LogP contribution >= 0.6 is 11.3 Å². The minimum atomic E-state index is 0.0170. The number of hydrogen-bond acceptors (Lipinski definition) is 4. The van der Waals surface area contributed by atoms with Gasteiger partial charge < -0.3 is 9.88 Å². The van der Waals surface area contributed by atoms with Gasteiger partial charge in [0.1, 0.15) is 0 Å². The summed E-state index contributed by atoms with van der Waals surface area (Å²) in [6, 6.07) is 3.70. The minimum absolute atomic E-state index is 0.0170. The largest absolute Gasteiger partial charge is 0.362 e. The Balaban J connectivity index is 2.42. The van der Waals surface area contributed by atoms with Gasteiger partial charge in [0.05, 0.1) is 11.3 Å². The molecule has 2 aromatic heterocycles. The predicted molar refractivity (Wildman–Crippen MR) is 71.6 cm³/mol. The molecular weight excluding hydrogens is 234 g/mol. The molecule has 5 heteroatoms. The van der Waals surface area contributed by atoms with Gasteiger partial charge in [-0.05, 0) is 26.0 Å². The van der Waals surface area contributed by atoms with Crippen LogP contribution in [0.15, 0.2) is 28.5 Å². The van der Waals surface area contributed by atoms with Crippen LogP contribution in [-0.2, 0) is 6.54 Å².